The normalized spacial score (nSPS) is 14.8. The van der Waals surface area contributed by atoms with Gasteiger partial charge in [-0.25, -0.2) is 21.2 Å². The van der Waals surface area contributed by atoms with Gasteiger partial charge in [-0.2, -0.15) is 4.31 Å². The van der Waals surface area contributed by atoms with E-state index in [9.17, 15) is 21.2 Å². The Bertz CT molecular complexity index is 1080. The van der Waals surface area contributed by atoms with Gasteiger partial charge in [-0.1, -0.05) is 24.6 Å². The van der Waals surface area contributed by atoms with Crippen molar-refractivity contribution < 1.29 is 26.0 Å². The van der Waals surface area contributed by atoms with Crippen molar-refractivity contribution in [1.29, 1.82) is 0 Å². The molecule has 0 heterocycles. The molecule has 164 valence electrons. The Balaban J connectivity index is 1.76. The van der Waals surface area contributed by atoms with E-state index in [1.165, 1.54) is 46.8 Å². The number of ether oxygens (including phenoxy) is 1. The molecule has 1 fully saturated rings. The number of nitrogens with zero attached hydrogens (tertiary/aromatic N) is 1. The molecule has 0 N–H and O–H groups in total. The summed E-state index contributed by atoms with van der Waals surface area (Å²) >= 11 is 6.09. The molecule has 3 rings (SSSR count). The molecule has 0 atom stereocenters. The fraction of sp³-hybridized carbons (Fsp3) is 0.400. The predicted octanol–water partition coefficient (Wildman–Crippen LogP) is 3.65. The van der Waals surface area contributed by atoms with Crippen LogP contribution in [-0.2, 0) is 26.4 Å². The van der Waals surface area contributed by atoms with Crippen LogP contribution >= 0.6 is 11.6 Å². The minimum atomic E-state index is -3.88. The number of halogens is 2. The summed E-state index contributed by atoms with van der Waals surface area (Å²) in [5, 5.41) is 0.182. The largest absolute Gasteiger partial charge is 0.493 e. The third-order valence-electron chi connectivity index (χ3n) is 4.86. The molecular formula is C20H23ClFNO5S2. The van der Waals surface area contributed by atoms with Gasteiger partial charge in [0.15, 0.2) is 9.84 Å². The van der Waals surface area contributed by atoms with E-state index < -0.39 is 25.7 Å². The standard InChI is InChI=1S/C20H23ClFNO5S2/c1-2-29(24,25)13-12-28-16-8-10-17(11-9-16)30(26,27)23(15-6-7-15)14-18-19(21)4-3-5-20(18)22/h3-5,8-11,15H,2,6-7,12-14H2,1H3. The molecule has 1 aliphatic rings. The molecule has 0 saturated heterocycles. The topological polar surface area (TPSA) is 80.8 Å². The van der Waals surface area contributed by atoms with E-state index in [2.05, 4.69) is 0 Å². The number of sulfone groups is 1. The molecule has 0 aromatic heterocycles. The summed E-state index contributed by atoms with van der Waals surface area (Å²) in [6.07, 6.45) is 1.41. The Morgan fingerprint density at radius 1 is 1.10 bits per heavy atom. The van der Waals surface area contributed by atoms with Crippen LogP contribution in [0.1, 0.15) is 25.3 Å². The summed E-state index contributed by atoms with van der Waals surface area (Å²) in [5.41, 5.74) is 0.145. The van der Waals surface area contributed by atoms with E-state index in [1.54, 1.807) is 6.92 Å². The first-order valence-electron chi connectivity index (χ1n) is 9.52. The monoisotopic (exact) mass is 475 g/mol. The van der Waals surface area contributed by atoms with Gasteiger partial charge in [0.05, 0.1) is 10.6 Å². The number of hydrogen-bond donors (Lipinski definition) is 0. The average molecular weight is 476 g/mol. The third kappa shape index (κ3) is 5.51. The molecule has 0 unspecified atom stereocenters. The maximum absolute atomic E-state index is 14.2. The quantitative estimate of drug-likeness (QED) is 0.524. The molecule has 0 radical (unpaired) electrons. The molecular weight excluding hydrogens is 453 g/mol. The molecule has 0 bridgehead atoms. The summed E-state index contributed by atoms with van der Waals surface area (Å²) in [5.74, 6) is -0.247. The molecule has 1 saturated carbocycles. The van der Waals surface area contributed by atoms with Crippen LogP contribution < -0.4 is 4.74 Å². The molecule has 0 aliphatic heterocycles. The number of rotatable bonds is 10. The van der Waals surface area contributed by atoms with E-state index in [0.717, 1.165) is 0 Å². The highest BCUT2D eigenvalue weighted by Gasteiger charge is 2.38. The van der Waals surface area contributed by atoms with Gasteiger partial charge in [-0.05, 0) is 49.2 Å². The lowest BCUT2D eigenvalue weighted by atomic mass is 10.2. The minimum Gasteiger partial charge on any atom is -0.493 e. The van der Waals surface area contributed by atoms with Crippen LogP contribution in [0.4, 0.5) is 4.39 Å². The van der Waals surface area contributed by atoms with Crippen molar-refractivity contribution >= 4 is 31.5 Å². The second-order valence-electron chi connectivity index (χ2n) is 7.04. The van der Waals surface area contributed by atoms with Crippen LogP contribution in [-0.4, -0.2) is 45.3 Å². The molecule has 10 heteroatoms. The molecule has 0 spiro atoms. The molecule has 2 aromatic carbocycles. The highest BCUT2D eigenvalue weighted by Crippen LogP contribution is 2.35. The van der Waals surface area contributed by atoms with Crippen LogP contribution in [0.2, 0.25) is 5.02 Å². The Morgan fingerprint density at radius 3 is 2.33 bits per heavy atom. The van der Waals surface area contributed by atoms with Crippen molar-refractivity contribution in [3.05, 3.63) is 58.9 Å². The Hall–Kier alpha value is -1.68. The van der Waals surface area contributed by atoms with Crippen molar-refractivity contribution in [2.75, 3.05) is 18.1 Å². The van der Waals surface area contributed by atoms with Crippen LogP contribution in [0.5, 0.6) is 5.75 Å². The van der Waals surface area contributed by atoms with E-state index in [4.69, 9.17) is 16.3 Å². The third-order valence-corrected chi connectivity index (χ3v) is 8.80. The van der Waals surface area contributed by atoms with Crippen molar-refractivity contribution in [2.24, 2.45) is 0 Å². The fourth-order valence-corrected chi connectivity index (χ4v) is 5.39. The zero-order chi connectivity index (χ0) is 21.9. The summed E-state index contributed by atoms with van der Waals surface area (Å²) < 4.78 is 70.3. The van der Waals surface area contributed by atoms with Crippen molar-refractivity contribution in [2.45, 2.75) is 37.2 Å². The van der Waals surface area contributed by atoms with Gasteiger partial charge in [-0.15, -0.1) is 0 Å². The van der Waals surface area contributed by atoms with Crippen LogP contribution in [0, 0.1) is 5.82 Å². The van der Waals surface area contributed by atoms with Gasteiger partial charge < -0.3 is 4.74 Å². The zero-order valence-electron chi connectivity index (χ0n) is 16.4. The Kier molecular flexibility index (Phi) is 7.06. The van der Waals surface area contributed by atoms with Crippen molar-refractivity contribution in [3.63, 3.8) is 0 Å². The van der Waals surface area contributed by atoms with E-state index >= 15 is 0 Å². The second kappa shape index (κ2) is 9.21. The maximum atomic E-state index is 14.2. The molecule has 2 aromatic rings. The maximum Gasteiger partial charge on any atom is 0.243 e. The van der Waals surface area contributed by atoms with Crippen molar-refractivity contribution in [1.82, 2.24) is 4.31 Å². The van der Waals surface area contributed by atoms with Gasteiger partial charge >= 0.3 is 0 Å². The first-order chi connectivity index (χ1) is 14.1. The van der Waals surface area contributed by atoms with Crippen LogP contribution in [0.15, 0.2) is 47.4 Å². The first-order valence-corrected chi connectivity index (χ1v) is 13.2. The lowest BCUT2D eigenvalue weighted by Gasteiger charge is -2.23. The molecule has 0 amide bonds. The van der Waals surface area contributed by atoms with Gasteiger partial charge in [-0.3, -0.25) is 0 Å². The summed E-state index contributed by atoms with van der Waals surface area (Å²) in [6, 6.07) is 9.82. The van der Waals surface area contributed by atoms with Gasteiger partial charge in [0.1, 0.15) is 18.2 Å². The zero-order valence-corrected chi connectivity index (χ0v) is 18.8. The van der Waals surface area contributed by atoms with Crippen molar-refractivity contribution in [3.8, 4) is 5.75 Å². The molecule has 1 aliphatic carbocycles. The lowest BCUT2D eigenvalue weighted by molar-refractivity contribution is 0.340. The lowest BCUT2D eigenvalue weighted by Crippen LogP contribution is -2.33. The Labute approximate surface area is 181 Å². The number of sulfonamides is 1. The second-order valence-corrected chi connectivity index (χ2v) is 11.8. The first kappa shape index (κ1) is 23.0. The van der Waals surface area contributed by atoms with Crippen LogP contribution in [0.25, 0.3) is 0 Å². The van der Waals surface area contributed by atoms with Gasteiger partial charge in [0.2, 0.25) is 10.0 Å². The molecule has 6 nitrogen and oxygen atoms in total. The predicted molar refractivity (Wildman–Crippen MR) is 113 cm³/mol. The summed E-state index contributed by atoms with van der Waals surface area (Å²) in [6.45, 7) is 1.41. The SMILES string of the molecule is CCS(=O)(=O)CCOc1ccc(S(=O)(=O)N(Cc2c(F)cccc2Cl)C2CC2)cc1. The van der Waals surface area contributed by atoms with Gasteiger partial charge in [0, 0.05) is 28.9 Å². The molecule has 30 heavy (non-hydrogen) atoms. The smallest absolute Gasteiger partial charge is 0.243 e. The summed E-state index contributed by atoms with van der Waals surface area (Å²) in [4.78, 5) is 0.0513. The highest BCUT2D eigenvalue weighted by molar-refractivity contribution is 7.91. The average Bonchev–Trinajstić information content (AvgIpc) is 3.53. The summed E-state index contributed by atoms with van der Waals surface area (Å²) in [7, 11) is -7.02. The number of benzene rings is 2. The van der Waals surface area contributed by atoms with E-state index in [1.807, 2.05) is 0 Å². The van der Waals surface area contributed by atoms with E-state index in [0.29, 0.717) is 18.6 Å². The minimum absolute atomic E-state index is 0.0117. The fourth-order valence-electron chi connectivity index (χ4n) is 2.89. The van der Waals surface area contributed by atoms with E-state index in [-0.39, 0.29) is 46.2 Å². The van der Waals surface area contributed by atoms with Gasteiger partial charge in [0.25, 0.3) is 0 Å². The van der Waals surface area contributed by atoms with Crippen LogP contribution in [0.3, 0.4) is 0 Å². The Morgan fingerprint density at radius 2 is 1.77 bits per heavy atom. The number of hydrogen-bond acceptors (Lipinski definition) is 5. The highest BCUT2D eigenvalue weighted by atomic mass is 35.5.